The van der Waals surface area contributed by atoms with Crippen LogP contribution in [0.1, 0.15) is 39.5 Å². The minimum absolute atomic E-state index is 0.0519. The summed E-state index contributed by atoms with van der Waals surface area (Å²) in [6.07, 6.45) is 6.26. The van der Waals surface area contributed by atoms with Gasteiger partial charge in [-0.1, -0.05) is 32.3 Å². The van der Waals surface area contributed by atoms with Gasteiger partial charge in [0.25, 0.3) is 0 Å². The van der Waals surface area contributed by atoms with Crippen LogP contribution in [0.3, 0.4) is 0 Å². The molecule has 88 valence electrons. The number of unbranched alkanes of at least 4 members (excludes halogenated alkanes) is 3. The average Bonchev–Trinajstić information content (AvgIpc) is 2.12. The monoisotopic (exact) mass is 234 g/mol. The van der Waals surface area contributed by atoms with Crippen LogP contribution in [0, 0.1) is 0 Å². The predicted octanol–water partition coefficient (Wildman–Crippen LogP) is 2.87. The van der Waals surface area contributed by atoms with Crippen LogP contribution in [0.15, 0.2) is 12.2 Å². The lowest BCUT2D eigenvalue weighted by Gasteiger charge is -2.09. The van der Waals surface area contributed by atoms with Crippen LogP contribution >= 0.6 is 7.60 Å². The zero-order valence-electron chi connectivity index (χ0n) is 9.31. The van der Waals surface area contributed by atoms with Gasteiger partial charge in [0.15, 0.2) is 0 Å². The lowest BCUT2D eigenvalue weighted by Crippen LogP contribution is -2.01. The van der Waals surface area contributed by atoms with Crippen molar-refractivity contribution in [3.05, 3.63) is 12.2 Å². The summed E-state index contributed by atoms with van der Waals surface area (Å²) < 4.78 is 15.8. The topological polar surface area (TPSA) is 63.6 Å². The second kappa shape index (κ2) is 7.66. The van der Waals surface area contributed by atoms with Crippen LogP contribution < -0.4 is 0 Å². The van der Waals surface area contributed by atoms with Crippen molar-refractivity contribution < 1.29 is 18.8 Å². The van der Waals surface area contributed by atoms with Crippen molar-refractivity contribution in [2.45, 2.75) is 39.5 Å². The Morgan fingerprint density at radius 2 is 2.07 bits per heavy atom. The molecular weight excluding hydrogens is 215 g/mol. The number of hydrogen-bond acceptors (Lipinski definition) is 3. The summed E-state index contributed by atoms with van der Waals surface area (Å²) in [6, 6.07) is 0. The van der Waals surface area contributed by atoms with E-state index < -0.39 is 13.6 Å². The summed E-state index contributed by atoms with van der Waals surface area (Å²) in [4.78, 5) is 20.2. The minimum atomic E-state index is -3.72. The molecule has 0 aliphatic rings. The van der Waals surface area contributed by atoms with E-state index in [0.29, 0.717) is 6.42 Å². The van der Waals surface area contributed by atoms with E-state index in [4.69, 9.17) is 0 Å². The van der Waals surface area contributed by atoms with Crippen LogP contribution in [0.25, 0.3) is 0 Å². The van der Waals surface area contributed by atoms with Crippen molar-refractivity contribution in [3.63, 3.8) is 0 Å². The van der Waals surface area contributed by atoms with Gasteiger partial charge in [0.1, 0.15) is 0 Å². The first kappa shape index (κ1) is 14.4. The van der Waals surface area contributed by atoms with Crippen molar-refractivity contribution in [3.8, 4) is 0 Å². The third-order valence-electron chi connectivity index (χ3n) is 1.83. The molecule has 1 unspecified atom stereocenters. The summed E-state index contributed by atoms with van der Waals surface area (Å²) in [7, 11) is -3.72. The molecule has 1 N–H and O–H groups in total. The van der Waals surface area contributed by atoms with E-state index in [0.717, 1.165) is 25.3 Å². The highest BCUT2D eigenvalue weighted by atomic mass is 31.2. The lowest BCUT2D eigenvalue weighted by atomic mass is 10.2. The fraction of sp³-hybridized carbons (Fsp3) is 0.700. The van der Waals surface area contributed by atoms with E-state index in [1.54, 1.807) is 6.92 Å². The van der Waals surface area contributed by atoms with E-state index in [-0.39, 0.29) is 6.16 Å². The molecule has 15 heavy (non-hydrogen) atoms. The van der Waals surface area contributed by atoms with Gasteiger partial charge in [-0.25, -0.2) is 9.36 Å². The van der Waals surface area contributed by atoms with E-state index >= 15 is 0 Å². The Hall–Kier alpha value is -0.600. The Bertz CT molecular complexity index is 260. The molecule has 0 aromatic rings. The average molecular weight is 234 g/mol. The maximum Gasteiger partial charge on any atom is 0.378 e. The first-order chi connectivity index (χ1) is 7.02. The van der Waals surface area contributed by atoms with E-state index in [1.807, 2.05) is 0 Å². The number of hydrogen-bond donors (Lipinski definition) is 1. The van der Waals surface area contributed by atoms with Gasteiger partial charge >= 0.3 is 13.6 Å². The van der Waals surface area contributed by atoms with Gasteiger partial charge in [-0.15, -0.1) is 0 Å². The highest BCUT2D eigenvalue weighted by Crippen LogP contribution is 2.43. The molecule has 0 aromatic heterocycles. The Balaban J connectivity index is 3.86. The van der Waals surface area contributed by atoms with Crippen LogP contribution in [-0.2, 0) is 13.9 Å². The molecule has 0 aromatic carbocycles. The zero-order valence-corrected chi connectivity index (χ0v) is 10.2. The molecule has 0 aliphatic heterocycles. The summed E-state index contributed by atoms with van der Waals surface area (Å²) in [5.74, 6) is -0.751. The molecule has 0 fully saturated rings. The minimum Gasteiger partial charge on any atom is -0.388 e. The molecule has 0 rings (SSSR count). The predicted molar refractivity (Wildman–Crippen MR) is 59.7 cm³/mol. The molecule has 1 atom stereocenters. The molecule has 0 saturated carbocycles. The maximum atomic E-state index is 11.3. The molecule has 5 heteroatoms. The molecule has 0 heterocycles. The smallest absolute Gasteiger partial charge is 0.378 e. The SMILES string of the molecule is CC=CC(=O)OP(=O)(O)CCCCCC. The highest BCUT2D eigenvalue weighted by molar-refractivity contribution is 7.53. The zero-order chi connectivity index (χ0) is 11.7. The maximum absolute atomic E-state index is 11.3. The number of allylic oxidation sites excluding steroid dienone is 1. The lowest BCUT2D eigenvalue weighted by molar-refractivity contribution is -0.129. The van der Waals surface area contributed by atoms with Gasteiger partial charge < -0.3 is 9.42 Å². The van der Waals surface area contributed by atoms with Crippen molar-refractivity contribution in [1.29, 1.82) is 0 Å². The Morgan fingerprint density at radius 1 is 1.40 bits per heavy atom. The van der Waals surface area contributed by atoms with Gasteiger partial charge in [0, 0.05) is 6.08 Å². The van der Waals surface area contributed by atoms with Crippen molar-refractivity contribution in [2.24, 2.45) is 0 Å². The van der Waals surface area contributed by atoms with E-state index in [1.165, 1.54) is 6.08 Å². The normalized spacial score (nSPS) is 15.1. The standard InChI is InChI=1S/C10H19O4P/c1-3-5-6-7-9-15(12,13)14-10(11)8-4-2/h4,8H,3,5-7,9H2,1-2H3,(H,12,13). The fourth-order valence-electron chi connectivity index (χ4n) is 1.09. The van der Waals surface area contributed by atoms with Gasteiger partial charge in [0.05, 0.1) is 6.16 Å². The summed E-state index contributed by atoms with van der Waals surface area (Å²) in [5, 5.41) is 0. The van der Waals surface area contributed by atoms with Crippen LogP contribution in [-0.4, -0.2) is 17.0 Å². The molecule has 4 nitrogen and oxygen atoms in total. The number of carbonyl (C=O) groups is 1. The quantitative estimate of drug-likeness (QED) is 0.418. The molecule has 0 spiro atoms. The second-order valence-corrected chi connectivity index (χ2v) is 5.24. The van der Waals surface area contributed by atoms with E-state index in [2.05, 4.69) is 11.4 Å². The highest BCUT2D eigenvalue weighted by Gasteiger charge is 2.21. The van der Waals surface area contributed by atoms with Gasteiger partial charge in [0.2, 0.25) is 0 Å². The molecule has 0 bridgehead atoms. The first-order valence-electron chi connectivity index (χ1n) is 5.20. The summed E-state index contributed by atoms with van der Waals surface area (Å²) in [5.41, 5.74) is 0. The summed E-state index contributed by atoms with van der Waals surface area (Å²) in [6.45, 7) is 3.70. The number of rotatable bonds is 7. The largest absolute Gasteiger partial charge is 0.388 e. The van der Waals surface area contributed by atoms with Crippen LogP contribution in [0.4, 0.5) is 0 Å². The Kier molecular flexibility index (Phi) is 7.35. The molecular formula is C10H19O4P. The van der Waals surface area contributed by atoms with Gasteiger partial charge in [-0.2, -0.15) is 0 Å². The second-order valence-electron chi connectivity index (χ2n) is 3.33. The van der Waals surface area contributed by atoms with E-state index in [9.17, 15) is 14.3 Å². The molecule has 0 saturated heterocycles. The third kappa shape index (κ3) is 8.40. The molecule has 0 aliphatic carbocycles. The molecule has 0 amide bonds. The van der Waals surface area contributed by atoms with Crippen molar-refractivity contribution in [1.82, 2.24) is 0 Å². The van der Waals surface area contributed by atoms with Crippen molar-refractivity contribution in [2.75, 3.05) is 6.16 Å². The molecule has 0 radical (unpaired) electrons. The summed E-state index contributed by atoms with van der Waals surface area (Å²) >= 11 is 0. The van der Waals surface area contributed by atoms with Crippen molar-refractivity contribution >= 4 is 13.6 Å². The third-order valence-corrected chi connectivity index (χ3v) is 3.18. The fourth-order valence-corrected chi connectivity index (χ4v) is 2.15. The van der Waals surface area contributed by atoms with Crippen LogP contribution in [0.5, 0.6) is 0 Å². The van der Waals surface area contributed by atoms with Gasteiger partial charge in [-0.05, 0) is 13.3 Å². The first-order valence-corrected chi connectivity index (χ1v) is 6.96. The Labute approximate surface area is 90.9 Å². The Morgan fingerprint density at radius 3 is 2.60 bits per heavy atom. The van der Waals surface area contributed by atoms with Gasteiger partial charge in [-0.3, -0.25) is 0 Å². The van der Waals surface area contributed by atoms with Crippen LogP contribution in [0.2, 0.25) is 0 Å². The number of carbonyl (C=O) groups excluding carboxylic acids is 1.